The largest absolute Gasteiger partial charge is 0.467 e. The van der Waals surface area contributed by atoms with Crippen LogP contribution in [-0.2, 0) is 7.05 Å². The fourth-order valence-electron chi connectivity index (χ4n) is 2.53. The van der Waals surface area contributed by atoms with Gasteiger partial charge in [-0.1, -0.05) is 0 Å². The van der Waals surface area contributed by atoms with E-state index in [2.05, 4.69) is 25.9 Å². The molecule has 1 aliphatic heterocycles. The van der Waals surface area contributed by atoms with E-state index in [4.69, 9.17) is 4.42 Å². The predicted octanol–water partition coefficient (Wildman–Crippen LogP) is 2.48. The first-order chi connectivity index (χ1) is 9.18. The second-order valence-electron chi connectivity index (χ2n) is 4.64. The Morgan fingerprint density at radius 1 is 1.53 bits per heavy atom. The molecule has 0 bridgehead atoms. The fraction of sp³-hybridized carbons (Fsp3) is 0.385. The summed E-state index contributed by atoms with van der Waals surface area (Å²) in [7, 11) is 1.64. The Morgan fingerprint density at radius 3 is 3.11 bits per heavy atom. The van der Waals surface area contributed by atoms with Crippen molar-refractivity contribution in [2.75, 3.05) is 11.4 Å². The summed E-state index contributed by atoms with van der Waals surface area (Å²) in [5.41, 5.74) is 0.713. The predicted molar refractivity (Wildman–Crippen MR) is 75.2 cm³/mol. The maximum atomic E-state index is 11.9. The molecule has 0 aliphatic carbocycles. The van der Waals surface area contributed by atoms with Gasteiger partial charge < -0.3 is 9.32 Å². The molecule has 3 heterocycles. The average Bonchev–Trinajstić information content (AvgIpc) is 3.05. The summed E-state index contributed by atoms with van der Waals surface area (Å²) in [6.07, 6.45) is 5.51. The maximum Gasteiger partial charge on any atom is 0.282 e. The number of rotatable bonds is 2. The molecule has 1 saturated heterocycles. The molecule has 1 atom stereocenters. The van der Waals surface area contributed by atoms with Crippen molar-refractivity contribution < 1.29 is 4.42 Å². The van der Waals surface area contributed by atoms with Crippen LogP contribution in [-0.4, -0.2) is 16.3 Å². The molecule has 19 heavy (non-hydrogen) atoms. The molecule has 6 heteroatoms. The van der Waals surface area contributed by atoms with Gasteiger partial charge in [0.05, 0.1) is 24.2 Å². The van der Waals surface area contributed by atoms with Crippen molar-refractivity contribution in [1.29, 1.82) is 0 Å². The summed E-state index contributed by atoms with van der Waals surface area (Å²) in [6.45, 7) is 0.902. The zero-order valence-electron chi connectivity index (χ0n) is 10.5. The molecule has 0 aromatic carbocycles. The molecule has 2 aromatic heterocycles. The van der Waals surface area contributed by atoms with Crippen LogP contribution in [0.3, 0.4) is 0 Å². The van der Waals surface area contributed by atoms with Gasteiger partial charge >= 0.3 is 0 Å². The van der Waals surface area contributed by atoms with E-state index in [-0.39, 0.29) is 11.6 Å². The lowest BCUT2D eigenvalue weighted by Gasteiger charge is -2.25. The Balaban J connectivity index is 2.02. The molecule has 0 spiro atoms. The van der Waals surface area contributed by atoms with Gasteiger partial charge in [-0.15, -0.1) is 0 Å². The minimum absolute atomic E-state index is 0.123. The highest BCUT2D eigenvalue weighted by molar-refractivity contribution is 9.10. The summed E-state index contributed by atoms with van der Waals surface area (Å²) >= 11 is 3.39. The van der Waals surface area contributed by atoms with Gasteiger partial charge in [0.15, 0.2) is 0 Å². The van der Waals surface area contributed by atoms with Crippen LogP contribution in [0.2, 0.25) is 0 Å². The highest BCUT2D eigenvalue weighted by Gasteiger charge is 2.30. The summed E-state index contributed by atoms with van der Waals surface area (Å²) in [5.74, 6) is 0.935. The Kier molecular flexibility index (Phi) is 3.18. The van der Waals surface area contributed by atoms with E-state index in [0.717, 1.165) is 30.8 Å². The number of hydrogen-bond acceptors (Lipinski definition) is 4. The second kappa shape index (κ2) is 4.85. The summed E-state index contributed by atoms with van der Waals surface area (Å²) in [5, 5.41) is 4.10. The SMILES string of the molecule is Cn1ncc(N2CCCC2c2ccco2)c(Br)c1=O. The molecule has 1 unspecified atom stereocenters. The monoisotopic (exact) mass is 323 g/mol. The van der Waals surface area contributed by atoms with Crippen LogP contribution in [0.1, 0.15) is 24.6 Å². The fourth-order valence-corrected chi connectivity index (χ4v) is 3.12. The molecule has 1 fully saturated rings. The maximum absolute atomic E-state index is 11.9. The summed E-state index contributed by atoms with van der Waals surface area (Å²) in [6, 6.07) is 4.05. The first-order valence-electron chi connectivity index (χ1n) is 6.20. The summed E-state index contributed by atoms with van der Waals surface area (Å²) < 4.78 is 7.39. The third-order valence-corrected chi connectivity index (χ3v) is 4.24. The van der Waals surface area contributed by atoms with Crippen molar-refractivity contribution in [3.8, 4) is 0 Å². The number of anilines is 1. The van der Waals surface area contributed by atoms with Crippen molar-refractivity contribution in [2.24, 2.45) is 7.05 Å². The van der Waals surface area contributed by atoms with Crippen LogP contribution in [0, 0.1) is 0 Å². The first kappa shape index (κ1) is 12.5. The lowest BCUT2D eigenvalue weighted by atomic mass is 10.1. The zero-order valence-corrected chi connectivity index (χ0v) is 12.1. The van der Waals surface area contributed by atoms with Crippen LogP contribution in [0.15, 0.2) is 38.3 Å². The number of aromatic nitrogens is 2. The van der Waals surface area contributed by atoms with Gasteiger partial charge in [-0.05, 0) is 40.9 Å². The van der Waals surface area contributed by atoms with Gasteiger partial charge in [0, 0.05) is 13.6 Å². The van der Waals surface area contributed by atoms with Crippen LogP contribution in [0.5, 0.6) is 0 Å². The minimum atomic E-state index is -0.123. The van der Waals surface area contributed by atoms with E-state index in [1.54, 1.807) is 19.5 Å². The van der Waals surface area contributed by atoms with E-state index in [1.807, 2.05) is 12.1 Å². The van der Waals surface area contributed by atoms with Gasteiger partial charge in [-0.2, -0.15) is 5.10 Å². The highest BCUT2D eigenvalue weighted by atomic mass is 79.9. The molecule has 5 nitrogen and oxygen atoms in total. The van der Waals surface area contributed by atoms with Gasteiger partial charge in [-0.25, -0.2) is 4.68 Å². The lowest BCUT2D eigenvalue weighted by Crippen LogP contribution is -2.28. The van der Waals surface area contributed by atoms with Crippen molar-refractivity contribution in [1.82, 2.24) is 9.78 Å². The Hall–Kier alpha value is -1.56. The van der Waals surface area contributed by atoms with E-state index < -0.39 is 0 Å². The molecule has 100 valence electrons. The number of nitrogens with zero attached hydrogens (tertiary/aromatic N) is 3. The molecule has 2 aromatic rings. The van der Waals surface area contributed by atoms with E-state index in [9.17, 15) is 4.79 Å². The normalized spacial score (nSPS) is 19.1. The zero-order chi connectivity index (χ0) is 13.4. The topological polar surface area (TPSA) is 51.3 Å². The Labute approximate surface area is 119 Å². The third kappa shape index (κ3) is 2.10. The molecule has 0 amide bonds. The van der Waals surface area contributed by atoms with Gasteiger partial charge in [0.2, 0.25) is 0 Å². The lowest BCUT2D eigenvalue weighted by molar-refractivity contribution is 0.465. The third-order valence-electron chi connectivity index (χ3n) is 3.49. The molecule has 0 radical (unpaired) electrons. The Bertz CT molecular complexity index is 636. The van der Waals surface area contributed by atoms with E-state index in [1.165, 1.54) is 4.68 Å². The second-order valence-corrected chi connectivity index (χ2v) is 5.43. The smallest absolute Gasteiger partial charge is 0.282 e. The van der Waals surface area contributed by atoms with E-state index in [0.29, 0.717) is 4.47 Å². The number of aryl methyl sites for hydroxylation is 1. The summed E-state index contributed by atoms with van der Waals surface area (Å²) in [4.78, 5) is 14.1. The van der Waals surface area contributed by atoms with Crippen LogP contribution in [0.25, 0.3) is 0 Å². The molecule has 1 aliphatic rings. The molecule has 0 saturated carbocycles. The standard InChI is InChI=1S/C13H14BrN3O2/c1-16-13(18)12(14)10(8-15-16)17-6-2-4-9(17)11-5-3-7-19-11/h3,5,7-9H,2,4,6H2,1H3. The molecule has 0 N–H and O–H groups in total. The average molecular weight is 324 g/mol. The number of hydrogen-bond donors (Lipinski definition) is 0. The quantitative estimate of drug-likeness (QED) is 0.852. The van der Waals surface area contributed by atoms with Crippen LogP contribution >= 0.6 is 15.9 Å². The molecular weight excluding hydrogens is 310 g/mol. The number of halogens is 1. The Morgan fingerprint density at radius 2 is 2.37 bits per heavy atom. The van der Waals surface area contributed by atoms with Gasteiger partial charge in [0.1, 0.15) is 10.2 Å². The minimum Gasteiger partial charge on any atom is -0.467 e. The van der Waals surface area contributed by atoms with Crippen molar-refractivity contribution in [3.05, 3.63) is 45.2 Å². The van der Waals surface area contributed by atoms with Crippen molar-refractivity contribution >= 4 is 21.6 Å². The van der Waals surface area contributed by atoms with E-state index >= 15 is 0 Å². The molecular formula is C13H14BrN3O2. The van der Waals surface area contributed by atoms with Crippen molar-refractivity contribution in [3.63, 3.8) is 0 Å². The van der Waals surface area contributed by atoms with Crippen LogP contribution in [0.4, 0.5) is 5.69 Å². The number of furan rings is 1. The van der Waals surface area contributed by atoms with Crippen molar-refractivity contribution in [2.45, 2.75) is 18.9 Å². The molecule has 3 rings (SSSR count). The van der Waals surface area contributed by atoms with Gasteiger partial charge in [0.25, 0.3) is 5.56 Å². The first-order valence-corrected chi connectivity index (χ1v) is 6.99. The van der Waals surface area contributed by atoms with Crippen LogP contribution < -0.4 is 10.5 Å². The van der Waals surface area contributed by atoms with Gasteiger partial charge in [-0.3, -0.25) is 4.79 Å². The highest BCUT2D eigenvalue weighted by Crippen LogP contribution is 2.37.